The molecule has 0 radical (unpaired) electrons. The number of hydrogen-bond donors (Lipinski definition) is 1. The monoisotopic (exact) mass is 270 g/mol. The topological polar surface area (TPSA) is 46.5 Å². The van der Waals surface area contributed by atoms with Crippen molar-refractivity contribution in [2.75, 3.05) is 6.61 Å². The van der Waals surface area contributed by atoms with Crippen LogP contribution in [0.3, 0.4) is 0 Å². The minimum atomic E-state index is -0.666. The van der Waals surface area contributed by atoms with Gasteiger partial charge in [0, 0.05) is 6.61 Å². The number of carboxylic acid groups (broad SMARTS) is 1. The lowest BCUT2D eigenvalue weighted by molar-refractivity contribution is -0.152. The highest BCUT2D eigenvalue weighted by atomic mass is 16.5. The predicted molar refractivity (Wildman–Crippen MR) is 77.3 cm³/mol. The van der Waals surface area contributed by atoms with Crippen molar-refractivity contribution in [3.8, 4) is 0 Å². The lowest BCUT2D eigenvalue weighted by atomic mass is 9.77. The van der Waals surface area contributed by atoms with Crippen LogP contribution in [0.2, 0.25) is 0 Å². The lowest BCUT2D eigenvalue weighted by Crippen LogP contribution is -2.37. The number of carboxylic acids is 1. The van der Waals surface area contributed by atoms with Crippen LogP contribution in [-0.2, 0) is 9.53 Å². The van der Waals surface area contributed by atoms with E-state index in [4.69, 9.17) is 4.74 Å². The predicted octanol–water partition coefficient (Wildman–Crippen LogP) is 4.40. The van der Waals surface area contributed by atoms with E-state index < -0.39 is 11.4 Å². The van der Waals surface area contributed by atoms with Crippen LogP contribution in [0.15, 0.2) is 0 Å². The van der Waals surface area contributed by atoms with Gasteiger partial charge in [0.15, 0.2) is 0 Å². The van der Waals surface area contributed by atoms with Gasteiger partial charge in [-0.25, -0.2) is 0 Å². The SMILES string of the molecule is CCCCCCCCCCC1(C(=O)O)CCOC1C. The summed E-state index contributed by atoms with van der Waals surface area (Å²) >= 11 is 0. The highest BCUT2D eigenvalue weighted by Gasteiger charge is 2.47. The van der Waals surface area contributed by atoms with Gasteiger partial charge >= 0.3 is 5.97 Å². The molecule has 0 aromatic heterocycles. The van der Waals surface area contributed by atoms with Crippen molar-refractivity contribution < 1.29 is 14.6 Å². The van der Waals surface area contributed by atoms with Crippen molar-refractivity contribution in [2.45, 2.75) is 84.2 Å². The molecule has 1 N–H and O–H groups in total. The van der Waals surface area contributed by atoms with Crippen molar-refractivity contribution in [1.29, 1.82) is 0 Å². The van der Waals surface area contributed by atoms with Gasteiger partial charge in [0.25, 0.3) is 0 Å². The molecule has 0 aliphatic carbocycles. The first kappa shape index (κ1) is 16.5. The Labute approximate surface area is 117 Å². The molecule has 1 rings (SSSR count). The fourth-order valence-electron chi connectivity index (χ4n) is 3.07. The van der Waals surface area contributed by atoms with Gasteiger partial charge < -0.3 is 9.84 Å². The van der Waals surface area contributed by atoms with Crippen LogP contribution in [0.5, 0.6) is 0 Å². The maximum atomic E-state index is 11.5. The Kier molecular flexibility index (Phi) is 7.44. The molecule has 3 nitrogen and oxygen atoms in total. The molecule has 0 spiro atoms. The average Bonchev–Trinajstić information content (AvgIpc) is 2.75. The molecule has 1 saturated heterocycles. The second-order valence-electron chi connectivity index (χ2n) is 5.95. The minimum Gasteiger partial charge on any atom is -0.481 e. The Morgan fingerprint density at radius 1 is 1.16 bits per heavy atom. The van der Waals surface area contributed by atoms with Gasteiger partial charge in [-0.3, -0.25) is 4.79 Å². The number of aliphatic carboxylic acids is 1. The normalized spacial score (nSPS) is 26.7. The van der Waals surface area contributed by atoms with E-state index in [0.29, 0.717) is 13.0 Å². The zero-order valence-corrected chi connectivity index (χ0v) is 12.6. The molecule has 1 aliphatic rings. The second-order valence-corrected chi connectivity index (χ2v) is 5.95. The number of hydrogen-bond acceptors (Lipinski definition) is 2. The molecular weight excluding hydrogens is 240 g/mol. The number of ether oxygens (including phenoxy) is 1. The molecule has 0 amide bonds. The van der Waals surface area contributed by atoms with E-state index in [2.05, 4.69) is 6.92 Å². The molecule has 0 aromatic rings. The summed E-state index contributed by atoms with van der Waals surface area (Å²) in [6, 6.07) is 0. The quantitative estimate of drug-likeness (QED) is 0.599. The van der Waals surface area contributed by atoms with Gasteiger partial charge in [0.1, 0.15) is 0 Å². The molecule has 1 aliphatic heterocycles. The van der Waals surface area contributed by atoms with E-state index in [9.17, 15) is 9.90 Å². The van der Waals surface area contributed by atoms with Gasteiger partial charge in [-0.1, -0.05) is 58.3 Å². The van der Waals surface area contributed by atoms with Crippen molar-refractivity contribution in [1.82, 2.24) is 0 Å². The molecule has 1 fully saturated rings. The molecule has 0 saturated carbocycles. The van der Waals surface area contributed by atoms with Gasteiger partial charge in [0.05, 0.1) is 11.5 Å². The zero-order chi connectivity index (χ0) is 14.1. The van der Waals surface area contributed by atoms with E-state index in [1.54, 1.807) is 0 Å². The van der Waals surface area contributed by atoms with Crippen LogP contribution in [0.4, 0.5) is 0 Å². The summed E-state index contributed by atoms with van der Waals surface area (Å²) in [7, 11) is 0. The number of rotatable bonds is 10. The summed E-state index contributed by atoms with van der Waals surface area (Å²) < 4.78 is 5.47. The standard InChI is InChI=1S/C16H30O3/c1-3-4-5-6-7-8-9-10-11-16(15(17)18)12-13-19-14(16)2/h14H,3-13H2,1-2H3,(H,17,18). The van der Waals surface area contributed by atoms with Crippen LogP contribution in [0, 0.1) is 5.41 Å². The third-order valence-electron chi connectivity index (χ3n) is 4.60. The fourth-order valence-corrected chi connectivity index (χ4v) is 3.07. The third kappa shape index (κ3) is 4.79. The molecule has 2 unspecified atom stereocenters. The van der Waals surface area contributed by atoms with Crippen molar-refractivity contribution >= 4 is 5.97 Å². The molecule has 1 heterocycles. The number of unbranched alkanes of at least 4 members (excludes halogenated alkanes) is 7. The molecule has 3 heteroatoms. The zero-order valence-electron chi connectivity index (χ0n) is 12.6. The van der Waals surface area contributed by atoms with E-state index in [-0.39, 0.29) is 6.10 Å². The van der Waals surface area contributed by atoms with Crippen LogP contribution in [-0.4, -0.2) is 23.8 Å². The van der Waals surface area contributed by atoms with E-state index in [0.717, 1.165) is 19.3 Å². The van der Waals surface area contributed by atoms with Crippen LogP contribution < -0.4 is 0 Å². The summed E-state index contributed by atoms with van der Waals surface area (Å²) in [5, 5.41) is 9.45. The maximum Gasteiger partial charge on any atom is 0.312 e. The first-order chi connectivity index (χ1) is 9.13. The maximum absolute atomic E-state index is 11.5. The van der Waals surface area contributed by atoms with E-state index in [1.807, 2.05) is 6.92 Å². The van der Waals surface area contributed by atoms with Gasteiger partial charge in [-0.05, 0) is 19.8 Å². The van der Waals surface area contributed by atoms with Crippen LogP contribution in [0.1, 0.15) is 78.1 Å². The molecule has 112 valence electrons. The van der Waals surface area contributed by atoms with Crippen LogP contribution in [0.25, 0.3) is 0 Å². The Bertz CT molecular complexity index is 265. The molecular formula is C16H30O3. The van der Waals surface area contributed by atoms with Crippen LogP contribution >= 0.6 is 0 Å². The second kappa shape index (κ2) is 8.57. The summed E-state index contributed by atoms with van der Waals surface area (Å²) in [4.78, 5) is 11.5. The molecule has 2 atom stereocenters. The summed E-state index contributed by atoms with van der Waals surface area (Å²) in [5.41, 5.74) is -0.609. The minimum absolute atomic E-state index is 0.130. The van der Waals surface area contributed by atoms with Gasteiger partial charge in [-0.15, -0.1) is 0 Å². The molecule has 19 heavy (non-hydrogen) atoms. The lowest BCUT2D eigenvalue weighted by Gasteiger charge is -2.27. The Morgan fingerprint density at radius 2 is 1.74 bits per heavy atom. The van der Waals surface area contributed by atoms with E-state index in [1.165, 1.54) is 38.5 Å². The fraction of sp³-hybridized carbons (Fsp3) is 0.938. The van der Waals surface area contributed by atoms with Crippen molar-refractivity contribution in [2.24, 2.45) is 5.41 Å². The first-order valence-corrected chi connectivity index (χ1v) is 7.98. The van der Waals surface area contributed by atoms with Gasteiger partial charge in [-0.2, -0.15) is 0 Å². The highest BCUT2D eigenvalue weighted by molar-refractivity contribution is 5.75. The molecule has 0 bridgehead atoms. The third-order valence-corrected chi connectivity index (χ3v) is 4.60. The summed E-state index contributed by atoms with van der Waals surface area (Å²) in [6.45, 7) is 4.74. The number of carbonyl (C=O) groups is 1. The Balaban J connectivity index is 2.15. The van der Waals surface area contributed by atoms with Gasteiger partial charge in [0.2, 0.25) is 0 Å². The average molecular weight is 270 g/mol. The largest absolute Gasteiger partial charge is 0.481 e. The summed E-state index contributed by atoms with van der Waals surface area (Å²) in [6.07, 6.45) is 11.4. The molecule has 0 aromatic carbocycles. The smallest absolute Gasteiger partial charge is 0.312 e. The van der Waals surface area contributed by atoms with Crippen molar-refractivity contribution in [3.05, 3.63) is 0 Å². The van der Waals surface area contributed by atoms with E-state index >= 15 is 0 Å². The van der Waals surface area contributed by atoms with Crippen molar-refractivity contribution in [3.63, 3.8) is 0 Å². The highest BCUT2D eigenvalue weighted by Crippen LogP contribution is 2.40. The Morgan fingerprint density at radius 3 is 2.21 bits per heavy atom. The summed E-state index contributed by atoms with van der Waals surface area (Å²) in [5.74, 6) is -0.666. The first-order valence-electron chi connectivity index (χ1n) is 7.98. The Hall–Kier alpha value is -0.570.